The molecule has 5 heteroatoms. The van der Waals surface area contributed by atoms with Gasteiger partial charge in [-0.1, -0.05) is 24.4 Å². The first-order valence-corrected chi connectivity index (χ1v) is 5.20. The van der Waals surface area contributed by atoms with Crippen molar-refractivity contribution in [1.82, 2.24) is 0 Å². The van der Waals surface area contributed by atoms with Gasteiger partial charge in [0.1, 0.15) is 9.98 Å². The summed E-state index contributed by atoms with van der Waals surface area (Å²) in [6.07, 6.45) is 0. The first-order valence-electron chi connectivity index (χ1n) is 4.39. The molecule has 0 bridgehead atoms. The molecule has 0 spiro atoms. The molecule has 3 N–H and O–H groups in total. The average Bonchev–Trinajstić information content (AvgIpc) is 2.18. The van der Waals surface area contributed by atoms with Gasteiger partial charge < -0.3 is 16.0 Å². The maximum atomic E-state index is 5.38. The lowest BCUT2D eigenvalue weighted by molar-refractivity contribution is 1.13. The van der Waals surface area contributed by atoms with Crippen molar-refractivity contribution in [2.24, 2.45) is 5.73 Å². The Hall–Kier alpha value is -1.20. The van der Waals surface area contributed by atoms with Gasteiger partial charge in [0, 0.05) is 25.5 Å². The highest BCUT2D eigenvalue weighted by molar-refractivity contribution is 7.89. The van der Waals surface area contributed by atoms with Gasteiger partial charge in [0.15, 0.2) is 0 Å². The summed E-state index contributed by atoms with van der Waals surface area (Å²) in [7, 11) is 3.98. The second-order valence-electron chi connectivity index (χ2n) is 3.26. The molecule has 15 heavy (non-hydrogen) atoms. The first-order chi connectivity index (χ1) is 7.00. The van der Waals surface area contributed by atoms with E-state index in [0.29, 0.717) is 4.99 Å². The second-order valence-corrected chi connectivity index (χ2v) is 4.11. The molecule has 0 fully saturated rings. The zero-order valence-electron chi connectivity index (χ0n) is 8.65. The fourth-order valence-corrected chi connectivity index (χ4v) is 1.20. The molecule has 0 aliphatic rings. The molecule has 0 radical (unpaired) electrons. The Morgan fingerprint density at radius 2 is 1.73 bits per heavy atom. The van der Waals surface area contributed by atoms with E-state index in [1.54, 1.807) is 0 Å². The summed E-state index contributed by atoms with van der Waals surface area (Å²) in [6, 6.07) is 7.84. The van der Waals surface area contributed by atoms with Crippen molar-refractivity contribution in [3.05, 3.63) is 24.3 Å². The van der Waals surface area contributed by atoms with Crippen molar-refractivity contribution in [2.45, 2.75) is 0 Å². The van der Waals surface area contributed by atoms with Crippen molar-refractivity contribution in [3.8, 4) is 0 Å². The predicted molar refractivity (Wildman–Crippen MR) is 73.8 cm³/mol. The van der Waals surface area contributed by atoms with E-state index in [1.165, 1.54) is 0 Å². The molecule has 0 amide bonds. The minimum absolute atomic E-state index is 0.210. The summed E-state index contributed by atoms with van der Waals surface area (Å²) in [5, 5.41) is 2.95. The quantitative estimate of drug-likeness (QED) is 0.770. The molecule has 0 saturated heterocycles. The van der Waals surface area contributed by atoms with Gasteiger partial charge >= 0.3 is 0 Å². The lowest BCUT2D eigenvalue weighted by Gasteiger charge is -2.13. The summed E-state index contributed by atoms with van der Waals surface area (Å²) in [5.41, 5.74) is 7.40. The fraction of sp³-hybridized carbons (Fsp3) is 0.200. The largest absolute Gasteiger partial charge is 0.388 e. The van der Waals surface area contributed by atoms with Crippen LogP contribution in [0, 0.1) is 0 Å². The van der Waals surface area contributed by atoms with Crippen LogP contribution in [-0.4, -0.2) is 24.1 Å². The summed E-state index contributed by atoms with van der Waals surface area (Å²) in [6.45, 7) is 0. The number of nitrogens with two attached hydrogens (primary N) is 1. The van der Waals surface area contributed by atoms with Gasteiger partial charge in [0.2, 0.25) is 0 Å². The van der Waals surface area contributed by atoms with Crippen LogP contribution >= 0.6 is 24.4 Å². The lowest BCUT2D eigenvalue weighted by atomic mass is 10.2. The maximum absolute atomic E-state index is 5.38. The van der Waals surface area contributed by atoms with Crippen LogP contribution in [0.5, 0.6) is 0 Å². The molecule has 0 aliphatic heterocycles. The molecule has 0 saturated carbocycles. The Morgan fingerprint density at radius 1 is 1.20 bits per heavy atom. The fourth-order valence-electron chi connectivity index (χ4n) is 1.04. The smallest absolute Gasteiger partial charge is 0.138 e. The van der Waals surface area contributed by atoms with E-state index < -0.39 is 0 Å². The summed E-state index contributed by atoms with van der Waals surface area (Å²) in [5.74, 6) is 0. The Kier molecular flexibility index (Phi) is 3.99. The average molecular weight is 239 g/mol. The van der Waals surface area contributed by atoms with E-state index in [2.05, 4.69) is 5.32 Å². The third-order valence-electron chi connectivity index (χ3n) is 1.87. The third-order valence-corrected chi connectivity index (χ3v) is 2.52. The number of hydrogen-bond donors (Lipinski definition) is 2. The SMILES string of the molecule is CN(C)c1ccc(NC(=S)C(N)=S)cc1. The molecule has 0 heterocycles. The molecule has 0 aliphatic carbocycles. The third kappa shape index (κ3) is 3.45. The van der Waals surface area contributed by atoms with Crippen LogP contribution in [0.15, 0.2) is 24.3 Å². The van der Waals surface area contributed by atoms with Crippen molar-refractivity contribution < 1.29 is 0 Å². The Bertz CT molecular complexity index is 371. The Labute approximate surface area is 100 Å². The van der Waals surface area contributed by atoms with E-state index in [-0.39, 0.29) is 4.99 Å². The molecule has 1 aromatic rings. The topological polar surface area (TPSA) is 41.3 Å². The normalized spacial score (nSPS) is 9.47. The number of nitrogens with one attached hydrogen (secondary N) is 1. The van der Waals surface area contributed by atoms with Gasteiger partial charge in [-0.2, -0.15) is 0 Å². The highest BCUT2D eigenvalue weighted by Gasteiger charge is 2.00. The molecule has 80 valence electrons. The van der Waals surface area contributed by atoms with Crippen LogP contribution in [-0.2, 0) is 0 Å². The van der Waals surface area contributed by atoms with E-state index in [4.69, 9.17) is 30.2 Å². The zero-order valence-corrected chi connectivity index (χ0v) is 10.3. The van der Waals surface area contributed by atoms with Crippen molar-refractivity contribution >= 4 is 45.8 Å². The zero-order chi connectivity index (χ0) is 11.4. The van der Waals surface area contributed by atoms with Gasteiger partial charge in [-0.15, -0.1) is 0 Å². The molecule has 0 aromatic heterocycles. The van der Waals surface area contributed by atoms with Gasteiger partial charge in [-0.05, 0) is 24.3 Å². The van der Waals surface area contributed by atoms with Crippen molar-refractivity contribution in [1.29, 1.82) is 0 Å². The number of anilines is 2. The standard InChI is InChI=1S/C10H13N3S2/c1-13(2)8-5-3-7(4-6-8)12-10(15)9(11)14/h3-6H,1-2H3,(H2,11,14)(H,12,15). The van der Waals surface area contributed by atoms with Gasteiger partial charge in [0.25, 0.3) is 0 Å². The minimum atomic E-state index is 0.210. The van der Waals surface area contributed by atoms with E-state index in [1.807, 2.05) is 43.3 Å². The number of hydrogen-bond acceptors (Lipinski definition) is 3. The van der Waals surface area contributed by atoms with Gasteiger partial charge in [-0.3, -0.25) is 0 Å². The Balaban J connectivity index is 2.73. The molecular formula is C10H13N3S2. The number of thiocarbonyl (C=S) groups is 2. The molecule has 0 unspecified atom stereocenters. The van der Waals surface area contributed by atoms with E-state index >= 15 is 0 Å². The highest BCUT2D eigenvalue weighted by atomic mass is 32.1. The van der Waals surface area contributed by atoms with Crippen molar-refractivity contribution in [3.63, 3.8) is 0 Å². The summed E-state index contributed by atoms with van der Waals surface area (Å²) in [4.78, 5) is 2.62. The van der Waals surface area contributed by atoms with Crippen LogP contribution in [0.3, 0.4) is 0 Å². The van der Waals surface area contributed by atoms with Crippen molar-refractivity contribution in [2.75, 3.05) is 24.3 Å². The lowest BCUT2D eigenvalue weighted by Crippen LogP contribution is -2.25. The summed E-state index contributed by atoms with van der Waals surface area (Å²) >= 11 is 9.71. The molecule has 3 nitrogen and oxygen atoms in total. The molecule has 1 rings (SSSR count). The highest BCUT2D eigenvalue weighted by Crippen LogP contribution is 2.15. The van der Waals surface area contributed by atoms with Crippen LogP contribution in [0.4, 0.5) is 11.4 Å². The number of nitrogens with zero attached hydrogens (tertiary/aromatic N) is 1. The first kappa shape index (κ1) is 11.9. The van der Waals surface area contributed by atoms with E-state index in [0.717, 1.165) is 11.4 Å². The van der Waals surface area contributed by atoms with Gasteiger partial charge in [-0.25, -0.2) is 0 Å². The van der Waals surface area contributed by atoms with Crippen LogP contribution < -0.4 is 16.0 Å². The predicted octanol–water partition coefficient (Wildman–Crippen LogP) is 1.78. The maximum Gasteiger partial charge on any atom is 0.138 e. The second kappa shape index (κ2) is 5.04. The van der Waals surface area contributed by atoms with Gasteiger partial charge in [0.05, 0.1) is 0 Å². The molecule has 1 aromatic carbocycles. The molecule has 0 atom stereocenters. The minimum Gasteiger partial charge on any atom is -0.388 e. The van der Waals surface area contributed by atoms with Crippen LogP contribution in [0.25, 0.3) is 0 Å². The van der Waals surface area contributed by atoms with Crippen LogP contribution in [0.1, 0.15) is 0 Å². The Morgan fingerprint density at radius 3 is 2.13 bits per heavy atom. The number of benzene rings is 1. The summed E-state index contributed by atoms with van der Waals surface area (Å²) < 4.78 is 0. The number of rotatable bonds is 2. The molecular weight excluding hydrogens is 226 g/mol. The monoisotopic (exact) mass is 239 g/mol. The van der Waals surface area contributed by atoms with E-state index in [9.17, 15) is 0 Å². The van der Waals surface area contributed by atoms with Crippen LogP contribution in [0.2, 0.25) is 0 Å².